The normalized spacial score (nSPS) is 8.17. The van der Waals surface area contributed by atoms with Gasteiger partial charge in [-0.1, -0.05) is 0 Å². The first-order valence-electron chi connectivity index (χ1n) is 3.42. The van der Waals surface area contributed by atoms with Gasteiger partial charge < -0.3 is 9.15 Å². The fourth-order valence-corrected chi connectivity index (χ4v) is 0.435. The summed E-state index contributed by atoms with van der Waals surface area (Å²) in [6, 6.07) is 0. The first-order chi connectivity index (χ1) is 5.66. The molecule has 0 aromatic carbocycles. The van der Waals surface area contributed by atoms with Crippen LogP contribution in [0.15, 0.2) is 21.7 Å². The molecule has 0 fully saturated rings. The number of carbonyl (C=O) groups is 1. The van der Waals surface area contributed by atoms with E-state index in [-0.39, 0.29) is 5.97 Å². The number of aromatic nitrogens is 1. The molecule has 1 rings (SSSR count). The highest BCUT2D eigenvalue weighted by Crippen LogP contribution is 1.69. The van der Waals surface area contributed by atoms with E-state index in [0.717, 1.165) is 0 Å². The Morgan fingerprint density at radius 3 is 2.50 bits per heavy atom. The van der Waals surface area contributed by atoms with Gasteiger partial charge in [-0.05, 0) is 6.92 Å². The lowest BCUT2D eigenvalue weighted by Gasteiger charge is -1.89. The molecule has 12 heavy (non-hydrogen) atoms. The van der Waals surface area contributed by atoms with Gasteiger partial charge in [-0.25, -0.2) is 4.79 Å². The van der Waals surface area contributed by atoms with Crippen molar-refractivity contribution in [2.45, 2.75) is 13.8 Å². The summed E-state index contributed by atoms with van der Waals surface area (Å²) in [5.41, 5.74) is 0. The van der Waals surface area contributed by atoms with Gasteiger partial charge in [0, 0.05) is 13.1 Å². The van der Waals surface area contributed by atoms with Crippen LogP contribution in [0.3, 0.4) is 0 Å². The van der Waals surface area contributed by atoms with E-state index in [1.54, 1.807) is 6.92 Å². The Bertz CT molecular complexity index is 246. The van der Waals surface area contributed by atoms with Crippen molar-refractivity contribution in [1.29, 1.82) is 0 Å². The molecule has 0 radical (unpaired) electrons. The Hall–Kier alpha value is -1.52. The molecule has 1 aromatic rings. The summed E-state index contributed by atoms with van der Waals surface area (Å²) < 4.78 is 8.62. The molecule has 0 aliphatic rings. The summed E-state index contributed by atoms with van der Waals surface area (Å²) in [6.07, 6.45) is 2.73. The number of hydrogen-bond acceptors (Lipinski definition) is 4. The lowest BCUT2D eigenvalue weighted by molar-refractivity contribution is -0.140. The van der Waals surface area contributed by atoms with Crippen LogP contribution in [0.2, 0.25) is 0 Å². The molecule has 0 amide bonds. The molecule has 0 saturated carbocycles. The Labute approximate surface area is 69.3 Å². The van der Waals surface area contributed by atoms with E-state index < -0.39 is 5.76 Å². The Kier molecular flexibility index (Phi) is 5.42. The summed E-state index contributed by atoms with van der Waals surface area (Å²) in [7, 11) is 0. The number of nitrogens with one attached hydrogen (secondary N) is 1. The molecule has 5 heteroatoms. The number of aromatic amines is 1. The van der Waals surface area contributed by atoms with Crippen LogP contribution in [0.25, 0.3) is 0 Å². The first kappa shape index (κ1) is 10.5. The summed E-state index contributed by atoms with van der Waals surface area (Å²) in [6.45, 7) is 3.65. The molecule has 0 spiro atoms. The minimum atomic E-state index is -0.407. The quantitative estimate of drug-likeness (QED) is 0.629. The van der Waals surface area contributed by atoms with Gasteiger partial charge in [-0.15, -0.1) is 0 Å². The van der Waals surface area contributed by atoms with Crippen molar-refractivity contribution >= 4 is 5.97 Å². The minimum Gasteiger partial charge on any atom is -0.466 e. The smallest absolute Gasteiger partial charge is 0.416 e. The zero-order chi connectivity index (χ0) is 9.40. The number of esters is 1. The zero-order valence-corrected chi connectivity index (χ0v) is 6.99. The van der Waals surface area contributed by atoms with Gasteiger partial charge in [0.2, 0.25) is 0 Å². The van der Waals surface area contributed by atoms with Crippen molar-refractivity contribution < 1.29 is 13.9 Å². The zero-order valence-electron chi connectivity index (χ0n) is 6.99. The SMILES string of the molecule is CCOC(C)=O.O=c1[nH]cco1. The number of rotatable bonds is 1. The molecule has 0 bridgehead atoms. The maximum Gasteiger partial charge on any atom is 0.416 e. The number of ether oxygens (including phenoxy) is 1. The highest BCUT2D eigenvalue weighted by molar-refractivity contribution is 5.65. The van der Waals surface area contributed by atoms with Gasteiger partial charge in [-0.3, -0.25) is 9.78 Å². The molecule has 1 aromatic heterocycles. The first-order valence-corrected chi connectivity index (χ1v) is 3.42. The molecule has 68 valence electrons. The van der Waals surface area contributed by atoms with Crippen molar-refractivity contribution in [1.82, 2.24) is 4.98 Å². The van der Waals surface area contributed by atoms with E-state index in [1.165, 1.54) is 19.4 Å². The molecule has 1 N–H and O–H groups in total. The van der Waals surface area contributed by atoms with Gasteiger partial charge in [0.15, 0.2) is 0 Å². The van der Waals surface area contributed by atoms with Crippen LogP contribution in [0.4, 0.5) is 0 Å². The van der Waals surface area contributed by atoms with Gasteiger partial charge in [0.05, 0.1) is 6.61 Å². The molecule has 5 nitrogen and oxygen atoms in total. The van der Waals surface area contributed by atoms with Crippen LogP contribution >= 0.6 is 0 Å². The topological polar surface area (TPSA) is 72.3 Å². The average Bonchev–Trinajstić information content (AvgIpc) is 2.40. The third kappa shape index (κ3) is 6.60. The Morgan fingerprint density at radius 2 is 2.42 bits per heavy atom. The van der Waals surface area contributed by atoms with Gasteiger partial charge in [0.25, 0.3) is 0 Å². The minimum absolute atomic E-state index is 0.211. The molecule has 1 heterocycles. The van der Waals surface area contributed by atoms with Crippen molar-refractivity contribution in [3.8, 4) is 0 Å². The standard InChI is InChI=1S/C4H8O2.C3H3NO2/c1-3-6-4(2)5;5-3-4-1-2-6-3/h3H2,1-2H3;1-2H,(H,4,5). The number of hydrogen-bond donors (Lipinski definition) is 1. The van der Waals surface area contributed by atoms with Crippen molar-refractivity contribution in [3.05, 3.63) is 23.0 Å². The highest BCUT2D eigenvalue weighted by atomic mass is 16.5. The van der Waals surface area contributed by atoms with E-state index in [4.69, 9.17) is 0 Å². The third-order valence-electron chi connectivity index (χ3n) is 0.792. The van der Waals surface area contributed by atoms with Crippen molar-refractivity contribution in [2.24, 2.45) is 0 Å². The molecule has 0 unspecified atom stereocenters. The number of carbonyl (C=O) groups excluding carboxylic acids is 1. The van der Waals surface area contributed by atoms with E-state index in [1.807, 2.05) is 0 Å². The lowest BCUT2D eigenvalue weighted by Crippen LogP contribution is -1.95. The predicted molar refractivity (Wildman–Crippen MR) is 41.6 cm³/mol. The van der Waals surface area contributed by atoms with Crippen molar-refractivity contribution in [3.63, 3.8) is 0 Å². The second kappa shape index (κ2) is 6.21. The average molecular weight is 173 g/mol. The Morgan fingerprint density at radius 1 is 1.75 bits per heavy atom. The maximum absolute atomic E-state index is 9.85. The van der Waals surface area contributed by atoms with Crippen LogP contribution in [-0.4, -0.2) is 17.6 Å². The molecular formula is C7H11NO4. The summed E-state index contributed by atoms with van der Waals surface area (Å²) in [5.74, 6) is -0.618. The fourth-order valence-electron chi connectivity index (χ4n) is 0.435. The van der Waals surface area contributed by atoms with E-state index in [2.05, 4.69) is 14.1 Å². The van der Waals surface area contributed by atoms with Gasteiger partial charge >= 0.3 is 11.7 Å². The van der Waals surface area contributed by atoms with E-state index in [9.17, 15) is 9.59 Å². The summed E-state index contributed by atoms with van der Waals surface area (Å²) in [5, 5.41) is 0. The molecular weight excluding hydrogens is 162 g/mol. The fraction of sp³-hybridized carbons (Fsp3) is 0.429. The van der Waals surface area contributed by atoms with Gasteiger partial charge in [0.1, 0.15) is 6.26 Å². The molecule has 0 atom stereocenters. The van der Waals surface area contributed by atoms with Crippen molar-refractivity contribution in [2.75, 3.05) is 6.61 Å². The second-order valence-corrected chi connectivity index (χ2v) is 1.78. The predicted octanol–water partition coefficient (Wildman–Crippen LogP) is 0.537. The maximum atomic E-state index is 9.85. The number of oxazole rings is 1. The summed E-state index contributed by atoms with van der Waals surface area (Å²) >= 11 is 0. The molecule has 0 aliphatic carbocycles. The summed E-state index contributed by atoms with van der Waals surface area (Å²) in [4.78, 5) is 21.9. The molecule has 0 aliphatic heterocycles. The highest BCUT2D eigenvalue weighted by Gasteiger charge is 1.81. The number of H-pyrrole nitrogens is 1. The van der Waals surface area contributed by atoms with Crippen LogP contribution in [0.5, 0.6) is 0 Å². The molecule has 0 saturated heterocycles. The van der Waals surface area contributed by atoms with Crippen LogP contribution in [-0.2, 0) is 9.53 Å². The van der Waals surface area contributed by atoms with E-state index in [0.29, 0.717) is 6.61 Å². The third-order valence-corrected chi connectivity index (χ3v) is 0.792. The lowest BCUT2D eigenvalue weighted by atomic mass is 10.8. The monoisotopic (exact) mass is 173 g/mol. The van der Waals surface area contributed by atoms with Gasteiger partial charge in [-0.2, -0.15) is 0 Å². The largest absolute Gasteiger partial charge is 0.466 e. The second-order valence-electron chi connectivity index (χ2n) is 1.78. The van der Waals surface area contributed by atoms with E-state index >= 15 is 0 Å². The van der Waals surface area contributed by atoms with Crippen LogP contribution < -0.4 is 5.76 Å². The van der Waals surface area contributed by atoms with Crippen LogP contribution in [0, 0.1) is 0 Å². The van der Waals surface area contributed by atoms with Crippen LogP contribution in [0.1, 0.15) is 13.8 Å². The Balaban J connectivity index is 0.000000202.